The van der Waals surface area contributed by atoms with Crippen LogP contribution in [0.15, 0.2) is 35.5 Å². The van der Waals surface area contributed by atoms with E-state index in [4.69, 9.17) is 9.47 Å². The molecule has 20 heavy (non-hydrogen) atoms. The first kappa shape index (κ1) is 12.8. The number of nitrogens with zero attached hydrogens (tertiary/aromatic N) is 2. The van der Waals surface area contributed by atoms with Crippen molar-refractivity contribution in [1.82, 2.24) is 4.57 Å². The Kier molecular flexibility index (Phi) is 3.22. The molecule has 0 N–H and O–H groups in total. The standard InChI is InChI=1S/C16H18N2O2/c1-11(2)18-9-13(6-12(18)3)8-17-14-4-5-15-16(7-14)20-10-19-15/h4-9,11H,10H2,1-3H3. The average molecular weight is 270 g/mol. The van der Waals surface area contributed by atoms with Gasteiger partial charge in [0.15, 0.2) is 11.5 Å². The highest BCUT2D eigenvalue weighted by Crippen LogP contribution is 2.35. The number of hydrogen-bond acceptors (Lipinski definition) is 3. The largest absolute Gasteiger partial charge is 0.454 e. The molecule has 0 spiro atoms. The molecule has 0 atom stereocenters. The minimum atomic E-state index is 0.291. The van der Waals surface area contributed by atoms with E-state index in [-0.39, 0.29) is 0 Å². The summed E-state index contributed by atoms with van der Waals surface area (Å²) in [5.41, 5.74) is 3.21. The molecule has 3 rings (SSSR count). The Labute approximate surface area is 118 Å². The van der Waals surface area contributed by atoms with Crippen LogP contribution in [0.1, 0.15) is 31.1 Å². The van der Waals surface area contributed by atoms with Crippen molar-refractivity contribution in [2.75, 3.05) is 6.79 Å². The zero-order chi connectivity index (χ0) is 14.1. The monoisotopic (exact) mass is 270 g/mol. The van der Waals surface area contributed by atoms with Gasteiger partial charge in [0, 0.05) is 35.8 Å². The van der Waals surface area contributed by atoms with Crippen LogP contribution in [0.2, 0.25) is 0 Å². The van der Waals surface area contributed by atoms with Crippen molar-refractivity contribution >= 4 is 11.9 Å². The summed E-state index contributed by atoms with van der Waals surface area (Å²) in [4.78, 5) is 4.49. The van der Waals surface area contributed by atoms with Crippen molar-refractivity contribution in [2.45, 2.75) is 26.8 Å². The van der Waals surface area contributed by atoms with Gasteiger partial charge in [-0.05, 0) is 39.0 Å². The lowest BCUT2D eigenvalue weighted by molar-refractivity contribution is 0.174. The normalized spacial score (nSPS) is 13.6. The third kappa shape index (κ3) is 2.41. The van der Waals surface area contributed by atoms with E-state index in [1.165, 1.54) is 5.69 Å². The summed E-state index contributed by atoms with van der Waals surface area (Å²) in [6, 6.07) is 8.31. The predicted octanol–water partition coefficient (Wildman–Crippen LogP) is 3.86. The van der Waals surface area contributed by atoms with Crippen molar-refractivity contribution in [1.29, 1.82) is 0 Å². The molecule has 0 bridgehead atoms. The first-order valence-corrected chi connectivity index (χ1v) is 6.75. The molecule has 104 valence electrons. The third-order valence-corrected chi connectivity index (χ3v) is 3.35. The second-order valence-corrected chi connectivity index (χ2v) is 5.21. The van der Waals surface area contributed by atoms with E-state index in [9.17, 15) is 0 Å². The molecular formula is C16H18N2O2. The molecule has 1 aromatic heterocycles. The summed E-state index contributed by atoms with van der Waals surface area (Å²) in [5, 5.41) is 0. The van der Waals surface area contributed by atoms with Crippen molar-refractivity contribution in [3.63, 3.8) is 0 Å². The van der Waals surface area contributed by atoms with E-state index in [1.807, 2.05) is 24.4 Å². The Morgan fingerprint density at radius 3 is 2.75 bits per heavy atom. The maximum absolute atomic E-state index is 5.35. The Bertz CT molecular complexity index is 656. The summed E-state index contributed by atoms with van der Waals surface area (Å²) in [6.45, 7) is 6.74. The van der Waals surface area contributed by atoms with Gasteiger partial charge in [0.2, 0.25) is 6.79 Å². The van der Waals surface area contributed by atoms with E-state index in [0.717, 1.165) is 22.7 Å². The molecule has 0 unspecified atom stereocenters. The van der Waals surface area contributed by atoms with Crippen LogP contribution in [0.3, 0.4) is 0 Å². The van der Waals surface area contributed by atoms with Crippen molar-refractivity contribution < 1.29 is 9.47 Å². The molecule has 0 aliphatic carbocycles. The number of aliphatic imine (C=N–C) groups is 1. The third-order valence-electron chi connectivity index (χ3n) is 3.35. The minimum Gasteiger partial charge on any atom is -0.454 e. The molecule has 1 aliphatic heterocycles. The van der Waals surface area contributed by atoms with Gasteiger partial charge in [0.1, 0.15) is 0 Å². The molecule has 0 amide bonds. The molecule has 2 heterocycles. The number of fused-ring (bicyclic) bond motifs is 1. The fraction of sp³-hybridized carbons (Fsp3) is 0.312. The van der Waals surface area contributed by atoms with Crippen LogP contribution in [0, 0.1) is 6.92 Å². The lowest BCUT2D eigenvalue weighted by Crippen LogP contribution is -2.00. The van der Waals surface area contributed by atoms with Gasteiger partial charge in [-0.25, -0.2) is 0 Å². The van der Waals surface area contributed by atoms with Gasteiger partial charge in [0.05, 0.1) is 5.69 Å². The molecule has 4 nitrogen and oxygen atoms in total. The second-order valence-electron chi connectivity index (χ2n) is 5.21. The van der Waals surface area contributed by atoms with Crippen LogP contribution in [0.4, 0.5) is 5.69 Å². The molecule has 4 heteroatoms. The van der Waals surface area contributed by atoms with Gasteiger partial charge in [0.25, 0.3) is 0 Å². The van der Waals surface area contributed by atoms with Crippen LogP contribution in [-0.4, -0.2) is 17.6 Å². The minimum absolute atomic E-state index is 0.291. The first-order chi connectivity index (χ1) is 9.63. The summed E-state index contributed by atoms with van der Waals surface area (Å²) in [7, 11) is 0. The number of hydrogen-bond donors (Lipinski definition) is 0. The zero-order valence-corrected chi connectivity index (χ0v) is 12.0. The molecule has 2 aromatic rings. The van der Waals surface area contributed by atoms with Crippen LogP contribution in [0.25, 0.3) is 0 Å². The lowest BCUT2D eigenvalue weighted by atomic mass is 10.3. The second kappa shape index (κ2) is 5.04. The number of aryl methyl sites for hydroxylation is 1. The SMILES string of the molecule is Cc1cc(C=Nc2ccc3c(c2)OCO3)cn1C(C)C. The molecule has 0 radical (unpaired) electrons. The highest BCUT2D eigenvalue weighted by molar-refractivity contribution is 5.82. The summed E-state index contributed by atoms with van der Waals surface area (Å²) >= 11 is 0. The first-order valence-electron chi connectivity index (χ1n) is 6.75. The van der Waals surface area contributed by atoms with E-state index in [0.29, 0.717) is 12.8 Å². The molecule has 0 saturated heterocycles. The van der Waals surface area contributed by atoms with E-state index >= 15 is 0 Å². The highest BCUT2D eigenvalue weighted by Gasteiger charge is 2.12. The van der Waals surface area contributed by atoms with Crippen molar-refractivity contribution in [3.05, 3.63) is 41.7 Å². The molecule has 1 aromatic carbocycles. The maximum Gasteiger partial charge on any atom is 0.231 e. The Balaban J connectivity index is 1.82. The molecule has 0 saturated carbocycles. The Hall–Kier alpha value is -2.23. The van der Waals surface area contributed by atoms with Crippen molar-refractivity contribution in [3.8, 4) is 11.5 Å². The van der Waals surface area contributed by atoms with Gasteiger partial charge in [-0.2, -0.15) is 0 Å². The van der Waals surface area contributed by atoms with Gasteiger partial charge in [-0.1, -0.05) is 0 Å². The topological polar surface area (TPSA) is 35.8 Å². The predicted molar refractivity (Wildman–Crippen MR) is 79.4 cm³/mol. The van der Waals surface area contributed by atoms with E-state index in [2.05, 4.69) is 42.6 Å². The number of rotatable bonds is 3. The quantitative estimate of drug-likeness (QED) is 0.794. The molecule has 0 fully saturated rings. The van der Waals surface area contributed by atoms with Crippen LogP contribution in [0.5, 0.6) is 11.5 Å². The maximum atomic E-state index is 5.35. The summed E-state index contributed by atoms with van der Waals surface area (Å²) in [5.74, 6) is 1.54. The summed E-state index contributed by atoms with van der Waals surface area (Å²) in [6.07, 6.45) is 4.00. The van der Waals surface area contributed by atoms with Gasteiger partial charge in [-0.3, -0.25) is 4.99 Å². The van der Waals surface area contributed by atoms with Crippen LogP contribution in [-0.2, 0) is 0 Å². The fourth-order valence-corrected chi connectivity index (χ4v) is 2.36. The lowest BCUT2D eigenvalue weighted by Gasteiger charge is -2.08. The number of benzene rings is 1. The van der Waals surface area contributed by atoms with Crippen molar-refractivity contribution in [2.24, 2.45) is 4.99 Å². The van der Waals surface area contributed by atoms with Gasteiger partial charge < -0.3 is 14.0 Å². The number of ether oxygens (including phenoxy) is 2. The highest BCUT2D eigenvalue weighted by atomic mass is 16.7. The van der Waals surface area contributed by atoms with E-state index in [1.54, 1.807) is 0 Å². The van der Waals surface area contributed by atoms with Gasteiger partial charge >= 0.3 is 0 Å². The summed E-state index contributed by atoms with van der Waals surface area (Å²) < 4.78 is 12.9. The van der Waals surface area contributed by atoms with Crippen LogP contribution < -0.4 is 9.47 Å². The van der Waals surface area contributed by atoms with Crippen LogP contribution >= 0.6 is 0 Å². The number of aromatic nitrogens is 1. The smallest absolute Gasteiger partial charge is 0.231 e. The van der Waals surface area contributed by atoms with E-state index < -0.39 is 0 Å². The molecule has 1 aliphatic rings. The average Bonchev–Trinajstić information content (AvgIpc) is 3.01. The Morgan fingerprint density at radius 1 is 1.20 bits per heavy atom. The van der Waals surface area contributed by atoms with Gasteiger partial charge in [-0.15, -0.1) is 0 Å². The molecular weight excluding hydrogens is 252 g/mol. The zero-order valence-electron chi connectivity index (χ0n) is 12.0. The fourth-order valence-electron chi connectivity index (χ4n) is 2.36. The Morgan fingerprint density at radius 2 is 2.00 bits per heavy atom.